The van der Waals surface area contributed by atoms with Crippen LogP contribution in [-0.2, 0) is 20.9 Å². The van der Waals surface area contributed by atoms with Crippen molar-refractivity contribution >= 4 is 57.1 Å². The number of amides is 2. The van der Waals surface area contributed by atoms with Gasteiger partial charge in [0.15, 0.2) is 5.17 Å². The van der Waals surface area contributed by atoms with Gasteiger partial charge in [-0.25, -0.2) is 4.99 Å². The van der Waals surface area contributed by atoms with Crippen LogP contribution < -0.4 is 4.90 Å². The quantitative estimate of drug-likeness (QED) is 0.496. The van der Waals surface area contributed by atoms with Crippen molar-refractivity contribution < 1.29 is 14.3 Å². The molecule has 36 heavy (non-hydrogen) atoms. The molecule has 1 aromatic heterocycles. The van der Waals surface area contributed by atoms with E-state index in [0.29, 0.717) is 36.4 Å². The first-order chi connectivity index (χ1) is 17.4. The number of rotatable bonds is 5. The lowest BCUT2D eigenvalue weighted by atomic mass is 10.1. The monoisotopic (exact) mass is 503 g/mol. The molecule has 2 aliphatic heterocycles. The fourth-order valence-electron chi connectivity index (χ4n) is 4.31. The van der Waals surface area contributed by atoms with E-state index in [1.54, 1.807) is 11.9 Å². The molecule has 0 aliphatic carbocycles. The molecule has 3 heterocycles. The number of anilines is 1. The topological polar surface area (TPSA) is 70.4 Å². The average molecular weight is 504 g/mol. The van der Waals surface area contributed by atoms with Gasteiger partial charge in [-0.05, 0) is 48.2 Å². The van der Waals surface area contributed by atoms with Crippen molar-refractivity contribution in [3.63, 3.8) is 0 Å². The second kappa shape index (κ2) is 10.2. The summed E-state index contributed by atoms with van der Waals surface area (Å²) in [5, 5.41) is 1.63. The predicted octanol–water partition coefficient (Wildman–Crippen LogP) is 3.80. The van der Waals surface area contributed by atoms with Crippen LogP contribution in [0.25, 0.3) is 17.0 Å². The van der Waals surface area contributed by atoms with Crippen LogP contribution in [0.2, 0.25) is 0 Å². The third-order valence-electron chi connectivity index (χ3n) is 6.37. The van der Waals surface area contributed by atoms with E-state index >= 15 is 0 Å². The molecule has 8 nitrogen and oxygen atoms in total. The van der Waals surface area contributed by atoms with E-state index in [1.807, 2.05) is 89.3 Å². The number of carbonyl (C=O) groups is 2. The molecule has 0 N–H and O–H groups in total. The number of ether oxygens (including phenoxy) is 1. The van der Waals surface area contributed by atoms with E-state index in [0.717, 1.165) is 27.8 Å². The van der Waals surface area contributed by atoms with E-state index in [-0.39, 0.29) is 18.4 Å². The number of morpholine rings is 1. The average Bonchev–Trinajstić information content (AvgIpc) is 3.37. The Morgan fingerprint density at radius 2 is 1.83 bits per heavy atom. The van der Waals surface area contributed by atoms with Crippen molar-refractivity contribution in [2.45, 2.75) is 6.54 Å². The fourth-order valence-corrected chi connectivity index (χ4v) is 5.29. The summed E-state index contributed by atoms with van der Waals surface area (Å²) < 4.78 is 7.34. The zero-order valence-electron chi connectivity index (χ0n) is 20.7. The van der Waals surface area contributed by atoms with Crippen LogP contribution in [0.15, 0.2) is 64.6 Å². The maximum Gasteiger partial charge on any atom is 0.266 e. The van der Waals surface area contributed by atoms with Gasteiger partial charge < -0.3 is 19.1 Å². The molecule has 2 saturated heterocycles. The van der Waals surface area contributed by atoms with Crippen molar-refractivity contribution in [3.8, 4) is 0 Å². The lowest BCUT2D eigenvalue weighted by molar-refractivity contribution is -0.135. The van der Waals surface area contributed by atoms with Crippen molar-refractivity contribution in [2.75, 3.05) is 52.3 Å². The van der Waals surface area contributed by atoms with Gasteiger partial charge in [-0.1, -0.05) is 18.2 Å². The normalized spacial score (nSPS) is 18.6. The number of thioether (sulfide) groups is 1. The number of carbonyl (C=O) groups excluding carboxylic acids is 2. The van der Waals surface area contributed by atoms with Crippen molar-refractivity contribution in [1.82, 2.24) is 14.4 Å². The fraction of sp³-hybridized carbons (Fsp3) is 0.296. The van der Waals surface area contributed by atoms with Crippen LogP contribution in [0.3, 0.4) is 0 Å². The Hall–Kier alpha value is -3.56. The maximum absolute atomic E-state index is 13.1. The number of hydrogen-bond acceptors (Lipinski definition) is 6. The number of nitrogens with zero attached hydrogens (tertiary/aromatic N) is 5. The molecule has 0 spiro atoms. The van der Waals surface area contributed by atoms with Gasteiger partial charge in [0.1, 0.15) is 6.54 Å². The van der Waals surface area contributed by atoms with Gasteiger partial charge in [0, 0.05) is 62.6 Å². The minimum absolute atomic E-state index is 0.0685. The molecule has 2 aliphatic rings. The summed E-state index contributed by atoms with van der Waals surface area (Å²) in [6.07, 6.45) is 3.86. The van der Waals surface area contributed by atoms with E-state index in [9.17, 15) is 9.59 Å². The van der Waals surface area contributed by atoms with E-state index < -0.39 is 0 Å². The largest absolute Gasteiger partial charge is 0.378 e. The molecule has 9 heteroatoms. The molecule has 0 atom stereocenters. The smallest absolute Gasteiger partial charge is 0.266 e. The first-order valence-electron chi connectivity index (χ1n) is 11.9. The standard InChI is InChI=1S/C27H29N5O3S/c1-29(2)21-10-8-20(9-11-21)28-27-30(3)26(34)24(36-27)16-19-17-32(23-7-5-4-6-22(19)23)18-25(33)31-12-14-35-15-13-31/h4-11,16-17H,12-15,18H2,1-3H3/b24-16-,28-27?. The van der Waals surface area contributed by atoms with E-state index in [2.05, 4.69) is 0 Å². The summed E-state index contributed by atoms with van der Waals surface area (Å²) >= 11 is 1.36. The number of hydrogen-bond donors (Lipinski definition) is 0. The summed E-state index contributed by atoms with van der Waals surface area (Å²) in [6, 6.07) is 15.9. The Morgan fingerprint density at radius 1 is 1.11 bits per heavy atom. The van der Waals surface area contributed by atoms with Gasteiger partial charge in [-0.3, -0.25) is 14.5 Å². The summed E-state index contributed by atoms with van der Waals surface area (Å²) in [7, 11) is 5.73. The van der Waals surface area contributed by atoms with Gasteiger partial charge >= 0.3 is 0 Å². The highest BCUT2D eigenvalue weighted by Crippen LogP contribution is 2.35. The zero-order valence-corrected chi connectivity index (χ0v) is 21.5. The van der Waals surface area contributed by atoms with E-state index in [4.69, 9.17) is 9.73 Å². The lowest BCUT2D eigenvalue weighted by Crippen LogP contribution is -2.42. The Labute approximate surface area is 214 Å². The molecular weight excluding hydrogens is 474 g/mol. The first-order valence-corrected chi connectivity index (χ1v) is 12.7. The molecule has 0 bridgehead atoms. The molecule has 2 amide bonds. The minimum Gasteiger partial charge on any atom is -0.378 e. The van der Waals surface area contributed by atoms with Crippen LogP contribution in [0, 0.1) is 0 Å². The second-order valence-electron chi connectivity index (χ2n) is 9.00. The van der Waals surface area contributed by atoms with Crippen molar-refractivity contribution in [2.24, 2.45) is 4.99 Å². The summed E-state index contributed by atoms with van der Waals surface area (Å²) in [5.41, 5.74) is 3.75. The highest BCUT2D eigenvalue weighted by molar-refractivity contribution is 8.18. The SMILES string of the molecule is CN1C(=O)/C(=C/c2cn(CC(=O)N3CCOCC3)c3ccccc23)SC1=Nc1ccc(N(C)C)cc1. The highest BCUT2D eigenvalue weighted by atomic mass is 32.2. The number of para-hydroxylation sites is 1. The van der Waals surface area contributed by atoms with Crippen LogP contribution >= 0.6 is 11.8 Å². The molecule has 2 aromatic carbocycles. The maximum atomic E-state index is 13.1. The molecular formula is C27H29N5O3S. The van der Waals surface area contributed by atoms with Crippen molar-refractivity contribution in [3.05, 3.63) is 65.2 Å². The second-order valence-corrected chi connectivity index (χ2v) is 10.0. The number of amidine groups is 1. The summed E-state index contributed by atoms with van der Waals surface area (Å²) in [5.74, 6) is -0.0242. The van der Waals surface area contributed by atoms with Crippen LogP contribution in [0.4, 0.5) is 11.4 Å². The minimum atomic E-state index is -0.0927. The zero-order chi connectivity index (χ0) is 25.2. The van der Waals surface area contributed by atoms with Gasteiger partial charge in [-0.2, -0.15) is 0 Å². The predicted molar refractivity (Wildman–Crippen MR) is 146 cm³/mol. The first kappa shape index (κ1) is 24.1. The summed E-state index contributed by atoms with van der Waals surface area (Å²) in [4.78, 5) is 36.7. The van der Waals surface area contributed by atoms with Gasteiger partial charge in [-0.15, -0.1) is 0 Å². The van der Waals surface area contributed by atoms with Crippen LogP contribution in [-0.4, -0.2) is 78.8 Å². The Bertz CT molecular complexity index is 1350. The Kier molecular flexibility index (Phi) is 6.84. The van der Waals surface area contributed by atoms with Gasteiger partial charge in [0.25, 0.3) is 5.91 Å². The van der Waals surface area contributed by atoms with Crippen LogP contribution in [0.1, 0.15) is 5.56 Å². The van der Waals surface area contributed by atoms with Gasteiger partial charge in [0.05, 0.1) is 23.8 Å². The molecule has 0 radical (unpaired) electrons. The molecule has 186 valence electrons. The Morgan fingerprint density at radius 3 is 2.56 bits per heavy atom. The lowest BCUT2D eigenvalue weighted by Gasteiger charge is -2.27. The van der Waals surface area contributed by atoms with Crippen molar-refractivity contribution in [1.29, 1.82) is 0 Å². The molecule has 0 saturated carbocycles. The summed E-state index contributed by atoms with van der Waals surface area (Å²) in [6.45, 7) is 2.64. The molecule has 0 unspecified atom stereocenters. The third-order valence-corrected chi connectivity index (χ3v) is 7.43. The van der Waals surface area contributed by atoms with Gasteiger partial charge in [0.2, 0.25) is 5.91 Å². The number of likely N-dealkylation sites (N-methyl/N-ethyl adjacent to an activating group) is 1. The molecule has 5 rings (SSSR count). The molecule has 2 fully saturated rings. The van der Waals surface area contributed by atoms with E-state index in [1.165, 1.54) is 11.8 Å². The Balaban J connectivity index is 1.41. The number of aliphatic imine (C=N–C) groups is 1. The number of fused-ring (bicyclic) bond motifs is 1. The van der Waals surface area contributed by atoms with Crippen LogP contribution in [0.5, 0.6) is 0 Å². The number of aromatic nitrogens is 1. The number of benzene rings is 2. The third kappa shape index (κ3) is 4.89. The molecule has 3 aromatic rings. The highest BCUT2D eigenvalue weighted by Gasteiger charge is 2.31.